The molecular weight excluding hydrogens is 431 g/mol. The number of nitrogens with one attached hydrogen (secondary N) is 1. The van der Waals surface area contributed by atoms with Crippen LogP contribution in [-0.4, -0.2) is 62.9 Å². The summed E-state index contributed by atoms with van der Waals surface area (Å²) in [6.07, 6.45) is 1.03. The van der Waals surface area contributed by atoms with Crippen LogP contribution in [0.2, 0.25) is 0 Å². The van der Waals surface area contributed by atoms with Crippen LogP contribution in [0.25, 0.3) is 0 Å². The lowest BCUT2D eigenvalue weighted by atomic mass is 10.2. The average molecular weight is 462 g/mol. The number of aryl methyl sites for hydroxylation is 1. The van der Waals surface area contributed by atoms with Gasteiger partial charge in [-0.15, -0.1) is 24.0 Å². The van der Waals surface area contributed by atoms with E-state index in [0.717, 1.165) is 51.6 Å². The molecule has 7 heteroatoms. The van der Waals surface area contributed by atoms with Crippen LogP contribution in [0.3, 0.4) is 0 Å². The predicted molar refractivity (Wildman–Crippen MR) is 113 cm³/mol. The molecule has 0 radical (unpaired) electrons. The number of benzene rings is 1. The van der Waals surface area contributed by atoms with Crippen molar-refractivity contribution in [3.05, 3.63) is 29.8 Å². The van der Waals surface area contributed by atoms with Gasteiger partial charge in [-0.25, -0.2) is 4.99 Å². The monoisotopic (exact) mass is 462 g/mol. The zero-order chi connectivity index (χ0) is 17.2. The first-order valence-electron chi connectivity index (χ1n) is 8.70. The molecule has 0 aromatic heterocycles. The SMILES string of the molecule is Cc1cccc(OC(C)CN=C(N)NCCCN2CCOCC2)c1.I. The summed E-state index contributed by atoms with van der Waals surface area (Å²) in [7, 11) is 0. The summed E-state index contributed by atoms with van der Waals surface area (Å²) in [4.78, 5) is 6.76. The first-order chi connectivity index (χ1) is 11.6. The van der Waals surface area contributed by atoms with Crippen LogP contribution in [0.5, 0.6) is 5.75 Å². The Labute approximate surface area is 168 Å². The third-order valence-electron chi connectivity index (χ3n) is 3.91. The van der Waals surface area contributed by atoms with E-state index in [4.69, 9.17) is 15.2 Å². The topological polar surface area (TPSA) is 72.1 Å². The van der Waals surface area contributed by atoms with E-state index in [9.17, 15) is 0 Å². The fourth-order valence-corrected chi connectivity index (χ4v) is 2.58. The van der Waals surface area contributed by atoms with Crippen molar-refractivity contribution in [2.24, 2.45) is 10.7 Å². The average Bonchev–Trinajstić information content (AvgIpc) is 2.58. The molecule has 1 saturated heterocycles. The van der Waals surface area contributed by atoms with E-state index in [0.29, 0.717) is 12.5 Å². The maximum absolute atomic E-state index is 5.91. The Morgan fingerprint density at radius 2 is 2.16 bits per heavy atom. The van der Waals surface area contributed by atoms with E-state index in [2.05, 4.69) is 28.2 Å². The summed E-state index contributed by atoms with van der Waals surface area (Å²) in [5, 5.41) is 3.16. The molecule has 0 bridgehead atoms. The number of morpholine rings is 1. The summed E-state index contributed by atoms with van der Waals surface area (Å²) in [6, 6.07) is 8.02. The van der Waals surface area contributed by atoms with E-state index < -0.39 is 0 Å². The van der Waals surface area contributed by atoms with Crippen LogP contribution in [0, 0.1) is 6.92 Å². The molecule has 6 nitrogen and oxygen atoms in total. The summed E-state index contributed by atoms with van der Waals surface area (Å²) >= 11 is 0. The third kappa shape index (κ3) is 9.27. The van der Waals surface area contributed by atoms with Crippen molar-refractivity contribution >= 4 is 29.9 Å². The molecule has 3 N–H and O–H groups in total. The second kappa shape index (κ2) is 12.3. The smallest absolute Gasteiger partial charge is 0.188 e. The first kappa shape index (κ1) is 22.0. The van der Waals surface area contributed by atoms with Crippen molar-refractivity contribution < 1.29 is 9.47 Å². The van der Waals surface area contributed by atoms with E-state index >= 15 is 0 Å². The van der Waals surface area contributed by atoms with Gasteiger partial charge in [-0.2, -0.15) is 0 Å². The number of hydrogen-bond donors (Lipinski definition) is 2. The molecule has 1 atom stereocenters. The summed E-state index contributed by atoms with van der Waals surface area (Å²) in [5.41, 5.74) is 7.09. The Bertz CT molecular complexity index is 522. The van der Waals surface area contributed by atoms with E-state index in [1.807, 2.05) is 25.1 Å². The lowest BCUT2D eigenvalue weighted by Crippen LogP contribution is -2.39. The maximum atomic E-state index is 5.91. The number of halogens is 1. The number of hydrogen-bond acceptors (Lipinski definition) is 4. The number of nitrogens with zero attached hydrogens (tertiary/aromatic N) is 2. The van der Waals surface area contributed by atoms with Crippen LogP contribution in [0.15, 0.2) is 29.3 Å². The third-order valence-corrected chi connectivity index (χ3v) is 3.91. The molecule has 1 aliphatic heterocycles. The molecule has 1 aromatic carbocycles. The normalized spacial score (nSPS) is 16.8. The highest BCUT2D eigenvalue weighted by Crippen LogP contribution is 2.14. The minimum absolute atomic E-state index is 0. The van der Waals surface area contributed by atoms with Gasteiger partial charge < -0.3 is 20.5 Å². The van der Waals surface area contributed by atoms with Gasteiger partial charge in [0.05, 0.1) is 19.8 Å². The molecule has 0 aliphatic carbocycles. The molecule has 0 amide bonds. The van der Waals surface area contributed by atoms with Crippen LogP contribution in [0.4, 0.5) is 0 Å². The zero-order valence-electron chi connectivity index (χ0n) is 15.2. The molecule has 1 aliphatic rings. The van der Waals surface area contributed by atoms with Gasteiger partial charge in [-0.1, -0.05) is 12.1 Å². The maximum Gasteiger partial charge on any atom is 0.188 e. The first-order valence-corrected chi connectivity index (χ1v) is 8.70. The molecule has 1 unspecified atom stereocenters. The molecule has 25 heavy (non-hydrogen) atoms. The van der Waals surface area contributed by atoms with Gasteiger partial charge in [-0.05, 0) is 44.5 Å². The lowest BCUT2D eigenvalue weighted by Gasteiger charge is -2.26. The zero-order valence-corrected chi connectivity index (χ0v) is 17.6. The second-order valence-corrected chi connectivity index (χ2v) is 6.21. The van der Waals surface area contributed by atoms with Crippen molar-refractivity contribution in [2.45, 2.75) is 26.4 Å². The Hall–Kier alpha value is -1.06. The van der Waals surface area contributed by atoms with E-state index in [-0.39, 0.29) is 30.1 Å². The highest BCUT2D eigenvalue weighted by Gasteiger charge is 2.09. The summed E-state index contributed by atoms with van der Waals surface area (Å²) in [6.45, 7) is 10.2. The quantitative estimate of drug-likeness (QED) is 0.268. The standard InChI is InChI=1S/C18H30N4O2.HI/c1-15-5-3-6-17(13-15)24-16(2)14-21-18(19)20-7-4-8-22-9-11-23-12-10-22;/h3,5-6,13,16H,4,7-12,14H2,1-2H3,(H3,19,20,21);1H. The van der Waals surface area contributed by atoms with Crippen LogP contribution in [0.1, 0.15) is 18.9 Å². The highest BCUT2D eigenvalue weighted by molar-refractivity contribution is 14.0. The molecule has 1 aromatic rings. The van der Waals surface area contributed by atoms with E-state index in [1.54, 1.807) is 0 Å². The van der Waals surface area contributed by atoms with Gasteiger partial charge in [0.25, 0.3) is 0 Å². The van der Waals surface area contributed by atoms with Gasteiger partial charge in [0.2, 0.25) is 0 Å². The molecule has 142 valence electrons. The number of rotatable bonds is 8. The lowest BCUT2D eigenvalue weighted by molar-refractivity contribution is 0.0376. The van der Waals surface area contributed by atoms with Crippen molar-refractivity contribution in [3.63, 3.8) is 0 Å². The fourth-order valence-electron chi connectivity index (χ4n) is 2.58. The van der Waals surface area contributed by atoms with Crippen molar-refractivity contribution in [3.8, 4) is 5.75 Å². The Morgan fingerprint density at radius 3 is 2.88 bits per heavy atom. The minimum atomic E-state index is -0.0134. The van der Waals surface area contributed by atoms with Crippen LogP contribution < -0.4 is 15.8 Å². The van der Waals surface area contributed by atoms with Gasteiger partial charge in [0.1, 0.15) is 11.9 Å². The molecule has 0 saturated carbocycles. The summed E-state index contributed by atoms with van der Waals surface area (Å²) in [5.74, 6) is 1.35. The minimum Gasteiger partial charge on any atom is -0.489 e. The number of nitrogens with two attached hydrogens (primary N) is 1. The van der Waals surface area contributed by atoms with E-state index in [1.165, 1.54) is 5.56 Å². The number of ether oxygens (including phenoxy) is 2. The predicted octanol–water partition coefficient (Wildman–Crippen LogP) is 2.01. The molecule has 0 spiro atoms. The van der Waals surface area contributed by atoms with Gasteiger partial charge in [-0.3, -0.25) is 4.90 Å². The van der Waals surface area contributed by atoms with Crippen LogP contribution >= 0.6 is 24.0 Å². The van der Waals surface area contributed by atoms with Crippen LogP contribution in [-0.2, 0) is 4.74 Å². The fraction of sp³-hybridized carbons (Fsp3) is 0.611. The van der Waals surface area contributed by atoms with Crippen molar-refractivity contribution in [1.82, 2.24) is 10.2 Å². The number of guanidine groups is 1. The van der Waals surface area contributed by atoms with Gasteiger partial charge in [0, 0.05) is 19.6 Å². The molecule has 1 heterocycles. The van der Waals surface area contributed by atoms with Gasteiger partial charge >= 0.3 is 0 Å². The molecule has 1 fully saturated rings. The largest absolute Gasteiger partial charge is 0.489 e. The molecule has 2 rings (SSSR count). The second-order valence-electron chi connectivity index (χ2n) is 6.21. The molecular formula is C18H31IN4O2. The summed E-state index contributed by atoms with van der Waals surface area (Å²) < 4.78 is 11.2. The Morgan fingerprint density at radius 1 is 1.40 bits per heavy atom. The Balaban J connectivity index is 0.00000312. The Kier molecular flexibility index (Phi) is 10.8. The van der Waals surface area contributed by atoms with Crippen molar-refractivity contribution in [1.29, 1.82) is 0 Å². The number of aliphatic imine (C=N–C) groups is 1. The highest BCUT2D eigenvalue weighted by atomic mass is 127. The van der Waals surface area contributed by atoms with Crippen molar-refractivity contribution in [2.75, 3.05) is 45.9 Å². The van der Waals surface area contributed by atoms with Gasteiger partial charge in [0.15, 0.2) is 5.96 Å².